The van der Waals surface area contributed by atoms with Crippen LogP contribution in [0.2, 0.25) is 5.02 Å². The van der Waals surface area contributed by atoms with Gasteiger partial charge in [0.25, 0.3) is 0 Å². The van der Waals surface area contributed by atoms with Crippen molar-refractivity contribution in [3.63, 3.8) is 0 Å². The quantitative estimate of drug-likeness (QED) is 0.878. The molecule has 5 nitrogen and oxygen atoms in total. The lowest BCUT2D eigenvalue weighted by molar-refractivity contribution is -0.122. The van der Waals surface area contributed by atoms with E-state index < -0.39 is 0 Å². The minimum atomic E-state index is -0.0634. The molecule has 4 rings (SSSR count). The number of carbonyl (C=O) groups excluding carboxylic acids is 1. The molecule has 6 heteroatoms. The highest BCUT2D eigenvalue weighted by Crippen LogP contribution is 2.40. The maximum Gasteiger partial charge on any atom is 0.234 e. The molecule has 2 aromatic rings. The highest BCUT2D eigenvalue weighted by Gasteiger charge is 2.27. The van der Waals surface area contributed by atoms with Gasteiger partial charge in [-0.05, 0) is 55.8 Å². The predicted molar refractivity (Wildman–Crippen MR) is 101 cm³/mol. The molecule has 2 aliphatic heterocycles. The minimum absolute atomic E-state index is 0.0634. The SMILES string of the molecule is O=C(CN1CCCC1)NC[C@@H]1Cc2cc(Cl)cc(-c3ccncc3)c2O1. The fourth-order valence-corrected chi connectivity index (χ4v) is 3.92. The molecule has 1 N–H and O–H groups in total. The van der Waals surface area contributed by atoms with E-state index in [2.05, 4.69) is 15.2 Å². The molecule has 1 aromatic carbocycles. The van der Waals surface area contributed by atoms with Crippen molar-refractivity contribution in [3.05, 3.63) is 47.2 Å². The van der Waals surface area contributed by atoms with Crippen molar-refractivity contribution >= 4 is 17.5 Å². The molecular formula is C20H22ClN3O2. The summed E-state index contributed by atoms with van der Waals surface area (Å²) in [6, 6.07) is 7.76. The maximum atomic E-state index is 12.1. The Labute approximate surface area is 158 Å². The van der Waals surface area contributed by atoms with Gasteiger partial charge in [-0.25, -0.2) is 0 Å². The van der Waals surface area contributed by atoms with Gasteiger partial charge in [0.2, 0.25) is 5.91 Å². The van der Waals surface area contributed by atoms with Gasteiger partial charge in [-0.3, -0.25) is 14.7 Å². The van der Waals surface area contributed by atoms with Crippen LogP contribution in [0.25, 0.3) is 11.1 Å². The van der Waals surface area contributed by atoms with Crippen molar-refractivity contribution in [1.29, 1.82) is 0 Å². The molecule has 0 saturated carbocycles. The highest BCUT2D eigenvalue weighted by atomic mass is 35.5. The van der Waals surface area contributed by atoms with Crippen LogP contribution in [0, 0.1) is 0 Å². The summed E-state index contributed by atoms with van der Waals surface area (Å²) in [7, 11) is 0. The third kappa shape index (κ3) is 3.84. The first-order chi connectivity index (χ1) is 12.7. The molecule has 1 saturated heterocycles. The van der Waals surface area contributed by atoms with E-state index in [1.165, 1.54) is 12.8 Å². The van der Waals surface area contributed by atoms with Gasteiger partial charge in [-0.15, -0.1) is 0 Å². The Hall–Kier alpha value is -2.11. The molecule has 2 aliphatic rings. The fourth-order valence-electron chi connectivity index (χ4n) is 3.68. The number of ether oxygens (including phenoxy) is 1. The number of nitrogens with one attached hydrogen (secondary N) is 1. The highest BCUT2D eigenvalue weighted by molar-refractivity contribution is 6.31. The van der Waals surface area contributed by atoms with E-state index in [1.807, 2.05) is 24.3 Å². The van der Waals surface area contributed by atoms with Gasteiger partial charge >= 0.3 is 0 Å². The van der Waals surface area contributed by atoms with Gasteiger partial charge in [0.05, 0.1) is 13.1 Å². The topological polar surface area (TPSA) is 54.5 Å². The second kappa shape index (κ2) is 7.64. The van der Waals surface area contributed by atoms with E-state index >= 15 is 0 Å². The van der Waals surface area contributed by atoms with E-state index in [4.69, 9.17) is 16.3 Å². The van der Waals surface area contributed by atoms with Crippen LogP contribution in [0.1, 0.15) is 18.4 Å². The Morgan fingerprint density at radius 3 is 2.81 bits per heavy atom. The number of hydrogen-bond donors (Lipinski definition) is 1. The molecule has 3 heterocycles. The third-order valence-electron chi connectivity index (χ3n) is 4.95. The van der Waals surface area contributed by atoms with Crippen LogP contribution in [0.15, 0.2) is 36.7 Å². The molecule has 136 valence electrons. The Bertz CT molecular complexity index is 791. The number of nitrogens with zero attached hydrogens (tertiary/aromatic N) is 2. The number of amides is 1. The molecule has 0 aliphatic carbocycles. The Kier molecular flexibility index (Phi) is 5.09. The Morgan fingerprint density at radius 1 is 1.27 bits per heavy atom. The van der Waals surface area contributed by atoms with Gasteiger partial charge in [0.15, 0.2) is 0 Å². The van der Waals surface area contributed by atoms with Crippen molar-refractivity contribution in [2.24, 2.45) is 0 Å². The molecular weight excluding hydrogens is 350 g/mol. The minimum Gasteiger partial charge on any atom is -0.487 e. The normalized spacial score (nSPS) is 19.2. The van der Waals surface area contributed by atoms with Crippen LogP contribution >= 0.6 is 11.6 Å². The summed E-state index contributed by atoms with van der Waals surface area (Å²) in [5.74, 6) is 0.929. The number of pyridine rings is 1. The number of halogens is 1. The van der Waals surface area contributed by atoms with Gasteiger partial charge in [-0.1, -0.05) is 11.6 Å². The summed E-state index contributed by atoms with van der Waals surface area (Å²) >= 11 is 6.30. The smallest absolute Gasteiger partial charge is 0.234 e. The summed E-state index contributed by atoms with van der Waals surface area (Å²) in [6.45, 7) is 3.03. The first kappa shape index (κ1) is 17.3. The summed E-state index contributed by atoms with van der Waals surface area (Å²) in [6.07, 6.45) is 6.57. The largest absolute Gasteiger partial charge is 0.487 e. The zero-order chi connectivity index (χ0) is 17.9. The lowest BCUT2D eigenvalue weighted by atomic mass is 10.0. The summed E-state index contributed by atoms with van der Waals surface area (Å²) in [4.78, 5) is 18.4. The standard InChI is InChI=1S/C20H22ClN3O2/c21-16-9-15-10-17(12-23-19(25)13-24-7-1-2-8-24)26-20(15)18(11-16)14-3-5-22-6-4-14/h3-6,9,11,17H,1-2,7-8,10,12-13H2,(H,23,25)/t17-/m0/s1. The number of aromatic nitrogens is 1. The fraction of sp³-hybridized carbons (Fsp3) is 0.400. The average molecular weight is 372 g/mol. The first-order valence-electron chi connectivity index (χ1n) is 9.07. The molecule has 1 amide bonds. The molecule has 1 aromatic heterocycles. The van der Waals surface area contributed by atoms with Crippen LogP contribution in [0.4, 0.5) is 0 Å². The van der Waals surface area contributed by atoms with Crippen LogP contribution in [-0.2, 0) is 11.2 Å². The van der Waals surface area contributed by atoms with Crippen LogP contribution in [0.3, 0.4) is 0 Å². The molecule has 1 atom stereocenters. The van der Waals surface area contributed by atoms with Gasteiger partial charge in [-0.2, -0.15) is 0 Å². The van der Waals surface area contributed by atoms with Gasteiger partial charge < -0.3 is 10.1 Å². The Balaban J connectivity index is 1.41. The number of fused-ring (bicyclic) bond motifs is 1. The zero-order valence-corrected chi connectivity index (χ0v) is 15.3. The molecule has 1 fully saturated rings. The monoisotopic (exact) mass is 371 g/mol. The van der Waals surface area contributed by atoms with Crippen molar-refractivity contribution in [3.8, 4) is 16.9 Å². The molecule has 0 bridgehead atoms. The van der Waals surface area contributed by atoms with E-state index in [-0.39, 0.29) is 12.0 Å². The van der Waals surface area contributed by atoms with Crippen molar-refractivity contribution in [2.45, 2.75) is 25.4 Å². The molecule has 0 unspecified atom stereocenters. The number of carbonyl (C=O) groups is 1. The first-order valence-corrected chi connectivity index (χ1v) is 9.45. The van der Waals surface area contributed by atoms with Crippen LogP contribution < -0.4 is 10.1 Å². The average Bonchev–Trinajstić information content (AvgIpc) is 3.29. The van der Waals surface area contributed by atoms with Gasteiger partial charge in [0, 0.05) is 35.0 Å². The van der Waals surface area contributed by atoms with Crippen LogP contribution in [0.5, 0.6) is 5.75 Å². The van der Waals surface area contributed by atoms with Crippen molar-refractivity contribution < 1.29 is 9.53 Å². The Morgan fingerprint density at radius 2 is 2.04 bits per heavy atom. The predicted octanol–water partition coefficient (Wildman–Crippen LogP) is 2.92. The zero-order valence-electron chi connectivity index (χ0n) is 14.6. The maximum absolute atomic E-state index is 12.1. The lowest BCUT2D eigenvalue weighted by Gasteiger charge is -2.16. The number of rotatable bonds is 5. The van der Waals surface area contributed by atoms with Crippen molar-refractivity contribution in [2.75, 3.05) is 26.2 Å². The number of likely N-dealkylation sites (tertiary alicyclic amines) is 1. The molecule has 26 heavy (non-hydrogen) atoms. The van der Waals surface area contributed by atoms with Gasteiger partial charge in [0.1, 0.15) is 11.9 Å². The number of benzene rings is 1. The second-order valence-corrected chi connectivity index (χ2v) is 7.35. The summed E-state index contributed by atoms with van der Waals surface area (Å²) in [5, 5.41) is 3.70. The van der Waals surface area contributed by atoms with E-state index in [1.54, 1.807) is 12.4 Å². The summed E-state index contributed by atoms with van der Waals surface area (Å²) < 4.78 is 6.16. The molecule has 0 radical (unpaired) electrons. The summed E-state index contributed by atoms with van der Waals surface area (Å²) in [5.41, 5.74) is 3.08. The third-order valence-corrected chi connectivity index (χ3v) is 5.17. The van der Waals surface area contributed by atoms with Crippen LogP contribution in [-0.4, -0.2) is 48.1 Å². The van der Waals surface area contributed by atoms with Crippen molar-refractivity contribution in [1.82, 2.24) is 15.2 Å². The second-order valence-electron chi connectivity index (χ2n) is 6.91. The van der Waals surface area contributed by atoms with E-state index in [0.717, 1.165) is 42.0 Å². The number of hydrogen-bond acceptors (Lipinski definition) is 4. The van der Waals surface area contributed by atoms with E-state index in [9.17, 15) is 4.79 Å². The lowest BCUT2D eigenvalue weighted by Crippen LogP contribution is -2.40. The molecule has 0 spiro atoms. The van der Waals surface area contributed by atoms with E-state index in [0.29, 0.717) is 18.1 Å².